The van der Waals surface area contributed by atoms with Gasteiger partial charge in [0, 0.05) is 152 Å². The van der Waals surface area contributed by atoms with Crippen LogP contribution in [0, 0.1) is 91.8 Å². The fourth-order valence-corrected chi connectivity index (χ4v) is 18.6. The van der Waals surface area contributed by atoms with E-state index in [9.17, 15) is 0 Å². The van der Waals surface area contributed by atoms with Gasteiger partial charge in [0.05, 0.1) is 27.8 Å². The fraction of sp³-hybridized carbons (Fsp3) is 0.328. The molecule has 0 radical (unpaired) electrons. The second-order valence-corrected chi connectivity index (χ2v) is 39.1. The average Bonchev–Trinajstić information content (AvgIpc) is 1.58. The lowest BCUT2D eigenvalue weighted by atomic mass is 9.97. The second-order valence-electron chi connectivity index (χ2n) is 39.1. The van der Waals surface area contributed by atoms with Crippen molar-refractivity contribution in [3.05, 3.63) is 297 Å². The molecule has 15 heterocycles. The van der Waals surface area contributed by atoms with Crippen LogP contribution < -0.4 is 22.8 Å². The highest BCUT2D eigenvalue weighted by Gasteiger charge is 2.29. The van der Waals surface area contributed by atoms with Crippen LogP contribution in [0.3, 0.4) is 0 Å². The summed E-state index contributed by atoms with van der Waals surface area (Å²) in [6.07, 6.45) is 15.6. The van der Waals surface area contributed by atoms with Gasteiger partial charge in [-0.25, -0.2) is 47.8 Å². The zero-order valence-corrected chi connectivity index (χ0v) is 82.8. The maximum Gasteiger partial charge on any atom is 0.227 e. The Labute approximate surface area is 799 Å². The van der Waals surface area contributed by atoms with Crippen LogP contribution in [0.5, 0.6) is 0 Å². The minimum absolute atomic E-state index is 0.318. The van der Waals surface area contributed by atoms with E-state index in [1.165, 1.54) is 57.3 Å². The molecule has 15 heteroatoms. The number of benzene rings is 5. The van der Waals surface area contributed by atoms with Crippen molar-refractivity contribution in [3.8, 4) is 56.3 Å². The van der Waals surface area contributed by atoms with Crippen LogP contribution in [0.15, 0.2) is 229 Å². The third kappa shape index (κ3) is 19.4. The predicted octanol–water partition coefficient (Wildman–Crippen LogP) is 27.8. The van der Waals surface area contributed by atoms with E-state index in [0.717, 1.165) is 222 Å². The van der Waals surface area contributed by atoms with Gasteiger partial charge in [0.2, 0.25) is 57.0 Å². The van der Waals surface area contributed by atoms with E-state index in [-0.39, 0.29) is 0 Å². The molecular formula is C119H133N10O5+5. The molecule has 0 bridgehead atoms. The molecule has 0 N–H and O–H groups in total. The van der Waals surface area contributed by atoms with E-state index in [1.54, 1.807) is 24.4 Å². The van der Waals surface area contributed by atoms with E-state index >= 15 is 0 Å². The maximum absolute atomic E-state index is 8.53. The molecule has 1 atom stereocenters. The van der Waals surface area contributed by atoms with Gasteiger partial charge < -0.3 is 22.1 Å². The van der Waals surface area contributed by atoms with Crippen LogP contribution in [-0.4, -0.2) is 24.9 Å². The van der Waals surface area contributed by atoms with E-state index in [1.807, 2.05) is 61.5 Å². The molecule has 0 aliphatic rings. The number of pyridine rings is 10. The van der Waals surface area contributed by atoms with E-state index < -0.39 is 19.6 Å². The quantitative estimate of drug-likeness (QED) is 0.0806. The van der Waals surface area contributed by atoms with Crippen molar-refractivity contribution in [2.24, 2.45) is 64.8 Å². The summed E-state index contributed by atoms with van der Waals surface area (Å²) in [5.74, 6) is 1.03. The summed E-state index contributed by atoms with van der Waals surface area (Å²) < 4.78 is 96.8. The van der Waals surface area contributed by atoms with Crippen molar-refractivity contribution in [3.63, 3.8) is 0 Å². The molecule has 0 saturated carbocycles. The van der Waals surface area contributed by atoms with Crippen molar-refractivity contribution in [1.29, 1.82) is 0 Å². The fourth-order valence-electron chi connectivity index (χ4n) is 18.6. The van der Waals surface area contributed by atoms with Gasteiger partial charge in [0.1, 0.15) is 35.2 Å². The lowest BCUT2D eigenvalue weighted by Gasteiger charge is -2.09. The Morgan fingerprint density at radius 1 is 0.284 bits per heavy atom. The number of hydrogen-bond donors (Lipinski definition) is 0. The Morgan fingerprint density at radius 2 is 0.582 bits per heavy atom. The van der Waals surface area contributed by atoms with Crippen LogP contribution in [-0.2, 0) is 73.8 Å². The topological polar surface area (TPSA) is 150 Å². The van der Waals surface area contributed by atoms with Gasteiger partial charge in [-0.3, -0.25) is 0 Å². The van der Waals surface area contributed by atoms with Gasteiger partial charge in [-0.15, -0.1) is 0 Å². The lowest BCUT2D eigenvalue weighted by molar-refractivity contribution is -0.660. The van der Waals surface area contributed by atoms with Crippen LogP contribution in [0.25, 0.3) is 167 Å². The maximum atomic E-state index is 8.53. The summed E-state index contributed by atoms with van der Waals surface area (Å²) >= 11 is 0. The van der Waals surface area contributed by atoms with Gasteiger partial charge in [0.25, 0.3) is 0 Å². The SMILES string of the molecule is CCc1cc[n+](C)c(-c2c(C)ccc3c2oc2nc(CC(C)C)ccc23)c1.Cc1cc(-c2c(C)ccc3c2oc2nc(CC(C)C)ccc23)[n+](C)cc1C.Cc1cc[n+](C)c(-c2c(C)ccc3c2oc2nc(CC(C)C)ccc23)c1.[2H]C([2H])([2H])C([2H])(C)c1cc[n+](C)c(-c2c(C)ccc3c2oc2nc(CC(C)C)ccc23)c1.[2H]C([2H])([2H])c1ccc(-c2c(C)ccc3c2oc2nc(CC(C)C)ccc23)[n+](C)c1. The third-order valence-corrected chi connectivity index (χ3v) is 25.6. The molecule has 0 spiro atoms. The minimum Gasteiger partial charge on any atom is -0.437 e. The standard InChI is InChI=1S/C25H29N2O.2C24H27N2O.2C23H25N2O/c1-15(2)13-19-8-10-21-20-9-7-17(5)23(24(20)28-25(21)26-19)22-14-18(16(3)4)11-12-27(22)6;1-14(2)11-18-8-10-20-19-9-7-15(3)22(23(19)27-24(20)25-18)21-12-16(4)17(5)13-26(21)6;1-6-17-11-12-26(5)21(14-17)22-16(4)7-9-19-20-10-8-18(13-15(2)3)25-24(20)27-23(19)22;1-14(2)12-17-8-10-19-18-9-7-16(4)21(22(18)26-23(19)24-17)20-11-6-15(3)13-25(20)5;1-14(2)12-17-7-9-19-18-8-6-16(4)21(22(18)26-23(19)24-17)20-13-15(3)10-11-25(20)5/h7-12,14-16H,13H2,1-6H3;7-10,12-14H,11H2,1-6H3;7-12,14-15H,6,13H2,1-5H3;2*6-11,13-14H,12H2,1-5H3/q5*+1/i3D3,16D;;;3D3;. The summed E-state index contributed by atoms with van der Waals surface area (Å²) in [6, 6.07) is 60.5. The van der Waals surface area contributed by atoms with Crippen LogP contribution >= 0.6 is 0 Å². The smallest absolute Gasteiger partial charge is 0.227 e. The van der Waals surface area contributed by atoms with Gasteiger partial charge in [0.15, 0.2) is 58.9 Å². The highest BCUT2D eigenvalue weighted by molar-refractivity contribution is 6.13. The first-order valence-electron chi connectivity index (χ1n) is 50.8. The number of rotatable bonds is 17. The number of aryl methyl sites for hydroxylation is 15. The molecule has 15 aromatic heterocycles. The summed E-state index contributed by atoms with van der Waals surface area (Å²) in [5, 5.41) is 10.6. The summed E-state index contributed by atoms with van der Waals surface area (Å²) in [7, 11) is 10.0. The monoisotopic (exact) mass is 1790 g/mol. The number of aromatic nitrogens is 10. The van der Waals surface area contributed by atoms with Crippen molar-refractivity contribution < 1.29 is 54.5 Å². The Hall–Kier alpha value is -13.4. The molecule has 1 unspecified atom stereocenters. The van der Waals surface area contributed by atoms with Crippen LogP contribution in [0.4, 0.5) is 0 Å². The van der Waals surface area contributed by atoms with Gasteiger partial charge in [-0.2, -0.15) is 0 Å². The summed E-state index contributed by atoms with van der Waals surface area (Å²) in [4.78, 5) is 23.9. The van der Waals surface area contributed by atoms with Crippen LogP contribution in [0.1, 0.15) is 195 Å². The largest absolute Gasteiger partial charge is 0.437 e. The highest BCUT2D eigenvalue weighted by atomic mass is 16.4. The average molecular weight is 1790 g/mol. The van der Waals surface area contributed by atoms with Crippen molar-refractivity contribution in [2.75, 3.05) is 0 Å². The Morgan fingerprint density at radius 3 is 0.903 bits per heavy atom. The van der Waals surface area contributed by atoms with Gasteiger partial charge in [-0.05, 0) is 253 Å². The molecule has 5 aromatic carbocycles. The summed E-state index contributed by atoms with van der Waals surface area (Å²) in [5.41, 5.74) is 35.2. The highest BCUT2D eigenvalue weighted by Crippen LogP contribution is 2.44. The van der Waals surface area contributed by atoms with Gasteiger partial charge in [-0.1, -0.05) is 151 Å². The van der Waals surface area contributed by atoms with E-state index in [4.69, 9.17) is 56.6 Å². The molecule has 0 fully saturated rings. The molecule has 15 nitrogen and oxygen atoms in total. The Balaban J connectivity index is 0.000000127. The first-order valence-corrected chi connectivity index (χ1v) is 47.3. The minimum atomic E-state index is -2.44. The molecular weight excluding hydrogens is 1650 g/mol. The molecule has 0 saturated heterocycles. The number of hydrogen-bond acceptors (Lipinski definition) is 10. The molecule has 0 amide bonds. The van der Waals surface area contributed by atoms with Gasteiger partial charge >= 0.3 is 0 Å². The normalized spacial score (nSPS) is 13.2. The zero-order chi connectivity index (χ0) is 101. The van der Waals surface area contributed by atoms with E-state index in [2.05, 4.69) is 311 Å². The molecule has 0 aliphatic heterocycles. The first kappa shape index (κ1) is 84.8. The predicted molar refractivity (Wildman–Crippen MR) is 549 cm³/mol. The zero-order valence-electron chi connectivity index (χ0n) is 89.8. The number of fused-ring (bicyclic) bond motifs is 15. The molecule has 20 rings (SSSR count). The first-order chi connectivity index (χ1) is 66.8. The molecule has 134 heavy (non-hydrogen) atoms. The Bertz CT molecular complexity index is 8180. The van der Waals surface area contributed by atoms with Crippen molar-refractivity contribution >= 4 is 110 Å². The third-order valence-electron chi connectivity index (χ3n) is 25.6. The number of nitrogens with zero attached hydrogens (tertiary/aromatic N) is 10. The lowest BCUT2D eigenvalue weighted by Crippen LogP contribution is -2.31. The van der Waals surface area contributed by atoms with Crippen molar-refractivity contribution in [1.82, 2.24) is 24.9 Å². The molecule has 684 valence electrons. The number of furan rings is 5. The second kappa shape index (κ2) is 39.0. The van der Waals surface area contributed by atoms with Crippen molar-refractivity contribution in [2.45, 2.75) is 197 Å². The summed E-state index contributed by atoms with van der Waals surface area (Å²) in [6.45, 7) is 37.9. The van der Waals surface area contributed by atoms with E-state index in [0.29, 0.717) is 52.1 Å². The van der Waals surface area contributed by atoms with Crippen LogP contribution in [0.2, 0.25) is 0 Å². The molecule has 0 aliphatic carbocycles. The molecule has 20 aromatic rings. The Kier molecular flexibility index (Phi) is 24.7.